The van der Waals surface area contributed by atoms with Crippen LogP contribution in [0.4, 0.5) is 0 Å². The van der Waals surface area contributed by atoms with Crippen LogP contribution in [0, 0.1) is 0 Å². The molecule has 0 nitrogen and oxygen atoms in total. The largest absolute Gasteiger partial charge is 0.214 e. The van der Waals surface area contributed by atoms with Gasteiger partial charge in [-0.3, -0.25) is 0 Å². The average molecular weight is 551 g/mol. The zero-order valence-electron chi connectivity index (χ0n) is 7.35. The van der Waals surface area contributed by atoms with Gasteiger partial charge >= 0.3 is 51.1 Å². The summed E-state index contributed by atoms with van der Waals surface area (Å²) in [6.07, 6.45) is 0. The zero-order chi connectivity index (χ0) is 10.6. The standard InChI is InChI=1S/2C5H5.3BrH.Ta/c2*1-2-4-5-3-1;;;;/h2*1-5H;3*1H;/q2*-1;;;;+3/p-3. The molecule has 4 heteroatoms. The first-order valence-electron chi connectivity index (χ1n) is 3.84. The van der Waals surface area contributed by atoms with E-state index in [0.717, 1.165) is 0 Å². The SMILES string of the molecule is [Br][Ta]([Br])[Br].c1cc[cH-]c1.c1cc[cH-]c1. The van der Waals surface area contributed by atoms with Gasteiger partial charge in [0.1, 0.15) is 0 Å². The third-order valence-corrected chi connectivity index (χ3v) is 1.11. The minimum absolute atomic E-state index is 1.16. The molecule has 0 aliphatic carbocycles. The molecule has 2 rings (SSSR count). The maximum atomic E-state index is 3.31. The Hall–Kier alpha value is 0.880. The van der Waals surface area contributed by atoms with Crippen molar-refractivity contribution in [1.29, 1.82) is 0 Å². The van der Waals surface area contributed by atoms with E-state index in [1.165, 1.54) is 0 Å². The smallest absolute Gasteiger partial charge is 0.172 e. The summed E-state index contributed by atoms with van der Waals surface area (Å²) in [7, 11) is 0. The van der Waals surface area contributed by atoms with E-state index in [2.05, 4.69) is 39.1 Å². The van der Waals surface area contributed by atoms with E-state index in [4.69, 9.17) is 0 Å². The van der Waals surface area contributed by atoms with E-state index in [1.54, 1.807) is 0 Å². The van der Waals surface area contributed by atoms with Crippen LogP contribution in [0.1, 0.15) is 0 Å². The molecular formula is C10H10Br3Ta-2. The number of hydrogen-bond donors (Lipinski definition) is 0. The molecule has 2 aromatic carbocycles. The van der Waals surface area contributed by atoms with Crippen molar-refractivity contribution in [3.63, 3.8) is 0 Å². The normalized spacial score (nSPS) is 8.29. The van der Waals surface area contributed by atoms with Crippen LogP contribution < -0.4 is 0 Å². The van der Waals surface area contributed by atoms with Crippen LogP contribution >= 0.6 is 39.1 Å². The van der Waals surface area contributed by atoms with E-state index in [9.17, 15) is 0 Å². The Morgan fingerprint density at radius 3 is 0.929 bits per heavy atom. The Balaban J connectivity index is 0.000000183. The molecule has 0 unspecified atom stereocenters. The second-order valence-corrected chi connectivity index (χ2v) is 44.3. The van der Waals surface area contributed by atoms with Crippen molar-refractivity contribution in [2.45, 2.75) is 0 Å². The maximum absolute atomic E-state index is 3.31. The Kier molecular flexibility index (Phi) is 12.7. The fraction of sp³-hybridized carbons (Fsp3) is 0. The Labute approximate surface area is 110 Å². The summed E-state index contributed by atoms with van der Waals surface area (Å²) in [5, 5.41) is 0. The molecule has 0 bridgehead atoms. The zero-order valence-corrected chi connectivity index (χ0v) is 15.3. The molecule has 0 amide bonds. The van der Waals surface area contributed by atoms with Gasteiger partial charge < -0.3 is 0 Å². The molecular weight excluding hydrogens is 541 g/mol. The van der Waals surface area contributed by atoms with Gasteiger partial charge in [0.2, 0.25) is 0 Å². The molecule has 0 fully saturated rings. The topological polar surface area (TPSA) is 0 Å². The molecule has 0 radical (unpaired) electrons. The second kappa shape index (κ2) is 12.0. The first-order valence-corrected chi connectivity index (χ1v) is 24.9. The first-order chi connectivity index (χ1) is 6.73. The van der Waals surface area contributed by atoms with E-state index in [0.29, 0.717) is 0 Å². The Morgan fingerprint density at radius 1 is 0.643 bits per heavy atom. The van der Waals surface area contributed by atoms with Crippen molar-refractivity contribution in [3.05, 3.63) is 60.7 Å². The summed E-state index contributed by atoms with van der Waals surface area (Å²) in [6.45, 7) is 0. The van der Waals surface area contributed by atoms with Gasteiger partial charge in [0.25, 0.3) is 0 Å². The van der Waals surface area contributed by atoms with Crippen LogP contribution in [0.25, 0.3) is 0 Å². The fourth-order valence-corrected chi connectivity index (χ4v) is 0.642. The van der Waals surface area contributed by atoms with Gasteiger partial charge in [0, 0.05) is 0 Å². The summed E-state index contributed by atoms with van der Waals surface area (Å²) < 4.78 is 0. The maximum Gasteiger partial charge on any atom is -0.172 e. The molecule has 0 atom stereocenters. The van der Waals surface area contributed by atoms with E-state index in [1.807, 2.05) is 60.7 Å². The summed E-state index contributed by atoms with van der Waals surface area (Å²) in [4.78, 5) is 0. The van der Waals surface area contributed by atoms with Gasteiger partial charge in [0.05, 0.1) is 0 Å². The minimum atomic E-state index is -1.16. The summed E-state index contributed by atoms with van der Waals surface area (Å²) >= 11 is 8.77. The van der Waals surface area contributed by atoms with Crippen molar-refractivity contribution in [2.75, 3.05) is 0 Å². The molecule has 0 heterocycles. The van der Waals surface area contributed by atoms with E-state index in [-0.39, 0.29) is 0 Å². The minimum Gasteiger partial charge on any atom is -0.214 e. The monoisotopic (exact) mass is 548 g/mol. The molecule has 2 aromatic rings. The quantitative estimate of drug-likeness (QED) is 0.388. The predicted molar refractivity (Wildman–Crippen MR) is 70.9 cm³/mol. The Morgan fingerprint density at radius 2 is 0.857 bits per heavy atom. The molecule has 14 heavy (non-hydrogen) atoms. The Bertz CT molecular complexity index is 187. The van der Waals surface area contributed by atoms with Crippen LogP contribution in [0.5, 0.6) is 0 Å². The van der Waals surface area contributed by atoms with E-state index >= 15 is 0 Å². The van der Waals surface area contributed by atoms with Crippen LogP contribution in [-0.2, 0) is 12.0 Å². The van der Waals surface area contributed by atoms with Crippen LogP contribution in [-0.4, -0.2) is 0 Å². The first kappa shape index (κ1) is 14.9. The fourth-order valence-electron chi connectivity index (χ4n) is 0.642. The summed E-state index contributed by atoms with van der Waals surface area (Å²) in [6, 6.07) is 20.0. The summed E-state index contributed by atoms with van der Waals surface area (Å²) in [5.74, 6) is 0. The van der Waals surface area contributed by atoms with Crippen molar-refractivity contribution >= 4 is 39.1 Å². The van der Waals surface area contributed by atoms with Gasteiger partial charge in [-0.25, -0.2) is 24.3 Å². The van der Waals surface area contributed by atoms with Gasteiger partial charge in [-0.1, -0.05) is 0 Å². The van der Waals surface area contributed by atoms with Crippen molar-refractivity contribution in [1.82, 2.24) is 0 Å². The van der Waals surface area contributed by atoms with Gasteiger partial charge in [0.15, 0.2) is 0 Å². The van der Waals surface area contributed by atoms with E-state index < -0.39 is 12.0 Å². The molecule has 0 N–H and O–H groups in total. The van der Waals surface area contributed by atoms with Crippen molar-refractivity contribution in [2.24, 2.45) is 0 Å². The number of hydrogen-bond acceptors (Lipinski definition) is 0. The van der Waals surface area contributed by atoms with Crippen LogP contribution in [0.2, 0.25) is 0 Å². The molecule has 0 saturated heterocycles. The van der Waals surface area contributed by atoms with Gasteiger partial charge in [-0.05, 0) is 0 Å². The van der Waals surface area contributed by atoms with Crippen LogP contribution in [0.15, 0.2) is 60.7 Å². The molecule has 0 aliphatic heterocycles. The van der Waals surface area contributed by atoms with Crippen molar-refractivity contribution < 1.29 is 12.0 Å². The van der Waals surface area contributed by atoms with Crippen molar-refractivity contribution in [3.8, 4) is 0 Å². The molecule has 0 aromatic heterocycles. The second-order valence-electron chi connectivity index (χ2n) is 2.12. The number of rotatable bonds is 0. The van der Waals surface area contributed by atoms with Gasteiger partial charge in [-0.2, -0.15) is 36.4 Å². The molecule has 0 aliphatic rings. The third kappa shape index (κ3) is 15.4. The van der Waals surface area contributed by atoms with Crippen LogP contribution in [0.3, 0.4) is 0 Å². The average Bonchev–Trinajstić information content (AvgIpc) is 2.83. The summed E-state index contributed by atoms with van der Waals surface area (Å²) in [5.41, 5.74) is 0. The predicted octanol–water partition coefficient (Wildman–Crippen LogP) is 5.35. The molecule has 78 valence electrons. The molecule has 0 saturated carbocycles. The van der Waals surface area contributed by atoms with Gasteiger partial charge in [-0.15, -0.1) is 0 Å². The number of halogens is 3. The molecule has 0 spiro atoms. The third-order valence-electron chi connectivity index (χ3n) is 1.11.